The van der Waals surface area contributed by atoms with E-state index >= 15 is 0 Å². The van der Waals surface area contributed by atoms with E-state index in [0.717, 1.165) is 41.3 Å². The van der Waals surface area contributed by atoms with E-state index in [-0.39, 0.29) is 0 Å². The van der Waals surface area contributed by atoms with Crippen LogP contribution in [-0.2, 0) is 0 Å². The lowest BCUT2D eigenvalue weighted by atomic mass is 10.1. The van der Waals surface area contributed by atoms with Crippen molar-refractivity contribution in [1.82, 2.24) is 9.38 Å². The zero-order valence-electron chi connectivity index (χ0n) is 16.2. The Morgan fingerprint density at radius 2 is 1.96 bits per heavy atom. The average molecular weight is 422 g/mol. The van der Waals surface area contributed by atoms with Crippen LogP contribution >= 0.6 is 35.0 Å². The monoisotopic (exact) mass is 421 g/mol. The molecule has 3 nitrogen and oxygen atoms in total. The van der Waals surface area contributed by atoms with E-state index in [4.69, 9.17) is 28.2 Å². The van der Waals surface area contributed by atoms with Gasteiger partial charge in [0, 0.05) is 35.4 Å². The predicted octanol–water partition coefficient (Wildman–Crippen LogP) is 6.90. The largest absolute Gasteiger partial charge is 0.355 e. The molecule has 0 aliphatic carbocycles. The molecule has 144 valence electrons. The maximum absolute atomic E-state index is 6.49. The van der Waals surface area contributed by atoms with Crippen LogP contribution < -0.4 is 4.90 Å². The molecule has 0 radical (unpaired) electrons. The molecule has 6 heteroatoms. The second kappa shape index (κ2) is 8.76. The first-order chi connectivity index (χ1) is 13.0. The van der Waals surface area contributed by atoms with Crippen LogP contribution in [0.25, 0.3) is 16.8 Å². The van der Waals surface area contributed by atoms with E-state index < -0.39 is 0 Å². The van der Waals surface area contributed by atoms with Crippen molar-refractivity contribution >= 4 is 46.4 Å². The molecule has 2 aromatic heterocycles. The Morgan fingerprint density at radius 3 is 2.59 bits per heavy atom. The summed E-state index contributed by atoms with van der Waals surface area (Å²) in [6.07, 6.45) is 5.27. The first-order valence-corrected chi connectivity index (χ1v) is 11.2. The highest BCUT2D eigenvalue weighted by Crippen LogP contribution is 2.37. The second-order valence-corrected chi connectivity index (χ2v) is 8.66. The number of rotatable bonds is 7. The number of pyridine rings is 1. The Balaban J connectivity index is 2.22. The number of halogens is 2. The molecule has 27 heavy (non-hydrogen) atoms. The molecule has 0 saturated carbocycles. The quantitative estimate of drug-likeness (QED) is 0.386. The molecular weight excluding hydrogens is 397 g/mol. The molecule has 3 aromatic rings. The zero-order chi connectivity index (χ0) is 19.6. The highest BCUT2D eigenvalue weighted by atomic mass is 35.5. The highest BCUT2D eigenvalue weighted by molar-refractivity contribution is 7.98. The third-order valence-electron chi connectivity index (χ3n) is 4.39. The van der Waals surface area contributed by atoms with Crippen molar-refractivity contribution in [2.45, 2.75) is 32.2 Å². The van der Waals surface area contributed by atoms with Gasteiger partial charge in [-0.25, -0.2) is 4.98 Å². The van der Waals surface area contributed by atoms with Gasteiger partial charge in [-0.15, -0.1) is 11.8 Å². The normalized spacial score (nSPS) is 11.5. The summed E-state index contributed by atoms with van der Waals surface area (Å²) in [6, 6.07) is 9.74. The van der Waals surface area contributed by atoms with Crippen molar-refractivity contribution in [3.05, 3.63) is 46.6 Å². The number of aromatic nitrogens is 2. The summed E-state index contributed by atoms with van der Waals surface area (Å²) in [5.41, 5.74) is 2.88. The van der Waals surface area contributed by atoms with Gasteiger partial charge in [0.25, 0.3) is 0 Å². The van der Waals surface area contributed by atoms with Crippen molar-refractivity contribution in [2.75, 3.05) is 24.2 Å². The van der Waals surface area contributed by atoms with Gasteiger partial charge in [0.15, 0.2) is 0 Å². The highest BCUT2D eigenvalue weighted by Gasteiger charge is 2.21. The third-order valence-corrected chi connectivity index (χ3v) is 5.60. The van der Waals surface area contributed by atoms with Crippen LogP contribution in [0, 0.1) is 5.92 Å². The molecule has 0 aliphatic rings. The molecule has 0 unspecified atom stereocenters. The minimum atomic E-state index is 0.575. The van der Waals surface area contributed by atoms with Crippen molar-refractivity contribution in [3.63, 3.8) is 0 Å². The summed E-state index contributed by atoms with van der Waals surface area (Å²) in [5.74, 6) is 1.74. The van der Waals surface area contributed by atoms with Crippen molar-refractivity contribution in [3.8, 4) is 11.1 Å². The fourth-order valence-electron chi connectivity index (χ4n) is 3.37. The Hall–Kier alpha value is -1.36. The van der Waals surface area contributed by atoms with Crippen LogP contribution in [0.4, 0.5) is 5.82 Å². The van der Waals surface area contributed by atoms with E-state index in [9.17, 15) is 0 Å². The van der Waals surface area contributed by atoms with Crippen molar-refractivity contribution in [1.29, 1.82) is 0 Å². The summed E-state index contributed by atoms with van der Waals surface area (Å²) in [5, 5.41) is 2.32. The number of fused-ring (bicyclic) bond motifs is 1. The Kier molecular flexibility index (Phi) is 6.61. The van der Waals surface area contributed by atoms with Gasteiger partial charge in [0.2, 0.25) is 0 Å². The molecule has 0 aliphatic heterocycles. The number of benzene rings is 1. The number of anilines is 1. The van der Waals surface area contributed by atoms with E-state index in [0.29, 0.717) is 16.0 Å². The van der Waals surface area contributed by atoms with Gasteiger partial charge in [-0.1, -0.05) is 50.0 Å². The first-order valence-electron chi connectivity index (χ1n) is 9.21. The van der Waals surface area contributed by atoms with Crippen LogP contribution in [0.1, 0.15) is 27.2 Å². The SMILES string of the molecule is CCCN(CC(C)C)c1c(SC)nc2c(-c3ccc(Cl)cc3Cl)cccn12. The maximum atomic E-state index is 6.49. The van der Waals surface area contributed by atoms with Crippen molar-refractivity contribution < 1.29 is 0 Å². The second-order valence-electron chi connectivity index (χ2n) is 7.02. The fourth-order valence-corrected chi connectivity index (χ4v) is 4.47. The average Bonchev–Trinajstić information content (AvgIpc) is 3.00. The van der Waals surface area contributed by atoms with Crippen LogP contribution in [0.3, 0.4) is 0 Å². The smallest absolute Gasteiger partial charge is 0.147 e. The van der Waals surface area contributed by atoms with Gasteiger partial charge < -0.3 is 4.90 Å². The van der Waals surface area contributed by atoms with Crippen LogP contribution in [0.2, 0.25) is 10.0 Å². The fraction of sp³-hybridized carbons (Fsp3) is 0.381. The Bertz CT molecular complexity index is 937. The minimum Gasteiger partial charge on any atom is -0.355 e. The number of thioether (sulfide) groups is 1. The molecule has 0 atom stereocenters. The molecule has 0 spiro atoms. The van der Waals surface area contributed by atoms with Crippen LogP contribution in [0.15, 0.2) is 41.6 Å². The molecule has 0 fully saturated rings. The van der Waals surface area contributed by atoms with Gasteiger partial charge in [-0.05, 0) is 42.9 Å². The van der Waals surface area contributed by atoms with E-state index in [1.807, 2.05) is 12.1 Å². The lowest BCUT2D eigenvalue weighted by Crippen LogP contribution is -2.29. The molecule has 3 rings (SSSR count). The van der Waals surface area contributed by atoms with Gasteiger partial charge in [-0.3, -0.25) is 4.40 Å². The lowest BCUT2D eigenvalue weighted by molar-refractivity contribution is 0.597. The molecule has 2 heterocycles. The van der Waals surface area contributed by atoms with Gasteiger partial charge in [0.05, 0.1) is 5.02 Å². The summed E-state index contributed by atoms with van der Waals surface area (Å²) >= 11 is 14.3. The minimum absolute atomic E-state index is 0.575. The zero-order valence-corrected chi connectivity index (χ0v) is 18.5. The number of hydrogen-bond acceptors (Lipinski definition) is 3. The Labute approximate surface area is 175 Å². The molecule has 0 N–H and O–H groups in total. The van der Waals surface area contributed by atoms with Gasteiger partial charge in [0.1, 0.15) is 16.5 Å². The molecule has 0 bridgehead atoms. The summed E-state index contributed by atoms with van der Waals surface area (Å²) in [6.45, 7) is 8.73. The predicted molar refractivity (Wildman–Crippen MR) is 120 cm³/mol. The lowest BCUT2D eigenvalue weighted by Gasteiger charge is -2.26. The maximum Gasteiger partial charge on any atom is 0.147 e. The summed E-state index contributed by atoms with van der Waals surface area (Å²) in [7, 11) is 0. The van der Waals surface area contributed by atoms with Gasteiger partial charge in [-0.2, -0.15) is 0 Å². The molecule has 0 saturated heterocycles. The standard InChI is InChI=1S/C21H25Cl2N3S/c1-5-10-25(13-14(2)3)21-20(27-4)24-19-17(7-6-11-26(19)21)16-9-8-15(22)12-18(16)23/h6-9,11-12,14H,5,10,13H2,1-4H3. The van der Waals surface area contributed by atoms with Gasteiger partial charge >= 0.3 is 0 Å². The van der Waals surface area contributed by atoms with E-state index in [2.05, 4.69) is 54.7 Å². The topological polar surface area (TPSA) is 20.5 Å². The number of nitrogens with zero attached hydrogens (tertiary/aromatic N) is 3. The summed E-state index contributed by atoms with van der Waals surface area (Å²) < 4.78 is 2.20. The third kappa shape index (κ3) is 4.23. The number of hydrogen-bond donors (Lipinski definition) is 0. The van der Waals surface area contributed by atoms with Crippen molar-refractivity contribution in [2.24, 2.45) is 5.92 Å². The summed E-state index contributed by atoms with van der Waals surface area (Å²) in [4.78, 5) is 7.42. The Morgan fingerprint density at radius 1 is 1.19 bits per heavy atom. The van der Waals surface area contributed by atoms with Crippen LogP contribution in [0.5, 0.6) is 0 Å². The molecule has 0 amide bonds. The van der Waals surface area contributed by atoms with E-state index in [1.165, 1.54) is 5.82 Å². The number of imidazole rings is 1. The van der Waals surface area contributed by atoms with Crippen LogP contribution in [-0.4, -0.2) is 28.7 Å². The first kappa shape index (κ1) is 20.4. The van der Waals surface area contributed by atoms with E-state index in [1.54, 1.807) is 17.8 Å². The molecular formula is C21H25Cl2N3S. The molecule has 1 aromatic carbocycles.